The SMILES string of the molecule is Cc1cnc(CNc2ccc(C#N)cc2F)o1. The average molecular weight is 231 g/mol. The monoisotopic (exact) mass is 231 g/mol. The van der Waals surface area contributed by atoms with Gasteiger partial charge < -0.3 is 9.73 Å². The van der Waals surface area contributed by atoms with E-state index in [1.54, 1.807) is 19.2 Å². The first-order valence-corrected chi connectivity index (χ1v) is 5.04. The molecule has 0 spiro atoms. The van der Waals surface area contributed by atoms with Gasteiger partial charge in [0.2, 0.25) is 5.89 Å². The molecule has 0 fully saturated rings. The van der Waals surface area contributed by atoms with Gasteiger partial charge in [-0.2, -0.15) is 5.26 Å². The third-order valence-electron chi connectivity index (χ3n) is 2.20. The first kappa shape index (κ1) is 11.1. The summed E-state index contributed by atoms with van der Waals surface area (Å²) in [6.45, 7) is 2.09. The van der Waals surface area contributed by atoms with Crippen molar-refractivity contribution in [3.63, 3.8) is 0 Å². The number of hydrogen-bond acceptors (Lipinski definition) is 4. The topological polar surface area (TPSA) is 61.9 Å². The maximum Gasteiger partial charge on any atom is 0.213 e. The van der Waals surface area contributed by atoms with E-state index in [0.717, 1.165) is 0 Å². The molecule has 17 heavy (non-hydrogen) atoms. The van der Waals surface area contributed by atoms with Gasteiger partial charge in [0.1, 0.15) is 11.6 Å². The summed E-state index contributed by atoms with van der Waals surface area (Å²) < 4.78 is 18.7. The molecule has 1 aromatic heterocycles. The molecule has 0 aliphatic rings. The van der Waals surface area contributed by atoms with Crippen LogP contribution < -0.4 is 5.32 Å². The second-order valence-corrected chi connectivity index (χ2v) is 3.52. The van der Waals surface area contributed by atoms with Gasteiger partial charge in [-0.25, -0.2) is 9.37 Å². The van der Waals surface area contributed by atoms with E-state index in [1.165, 1.54) is 12.1 Å². The van der Waals surface area contributed by atoms with Crippen LogP contribution in [-0.2, 0) is 6.54 Å². The van der Waals surface area contributed by atoms with Gasteiger partial charge in [0, 0.05) is 0 Å². The van der Waals surface area contributed by atoms with E-state index in [-0.39, 0.29) is 0 Å². The number of anilines is 1. The van der Waals surface area contributed by atoms with Gasteiger partial charge in [-0.15, -0.1) is 0 Å². The second kappa shape index (κ2) is 4.66. The minimum absolute atomic E-state index is 0.292. The van der Waals surface area contributed by atoms with Crippen LogP contribution in [0.1, 0.15) is 17.2 Å². The summed E-state index contributed by atoms with van der Waals surface area (Å²) in [5.74, 6) is 0.737. The Balaban J connectivity index is 2.07. The zero-order valence-corrected chi connectivity index (χ0v) is 9.20. The molecular weight excluding hydrogens is 221 g/mol. The van der Waals surface area contributed by atoms with Crippen molar-refractivity contribution in [2.75, 3.05) is 5.32 Å². The number of hydrogen-bond donors (Lipinski definition) is 1. The van der Waals surface area contributed by atoms with Crippen molar-refractivity contribution >= 4 is 5.69 Å². The van der Waals surface area contributed by atoms with E-state index in [2.05, 4.69) is 10.3 Å². The van der Waals surface area contributed by atoms with Gasteiger partial charge in [0.05, 0.1) is 30.1 Å². The molecule has 0 amide bonds. The third kappa shape index (κ3) is 2.61. The summed E-state index contributed by atoms with van der Waals surface area (Å²) >= 11 is 0. The Morgan fingerprint density at radius 3 is 2.94 bits per heavy atom. The highest BCUT2D eigenvalue weighted by Crippen LogP contribution is 2.16. The largest absolute Gasteiger partial charge is 0.444 e. The lowest BCUT2D eigenvalue weighted by Crippen LogP contribution is -2.01. The van der Waals surface area contributed by atoms with E-state index >= 15 is 0 Å². The van der Waals surface area contributed by atoms with Crippen molar-refractivity contribution in [3.8, 4) is 6.07 Å². The van der Waals surface area contributed by atoms with Crippen LogP contribution in [0.15, 0.2) is 28.8 Å². The summed E-state index contributed by atoms with van der Waals surface area (Å²) in [4.78, 5) is 3.99. The molecule has 5 heteroatoms. The summed E-state index contributed by atoms with van der Waals surface area (Å²) in [6, 6.07) is 6.12. The van der Waals surface area contributed by atoms with Crippen LogP contribution >= 0.6 is 0 Å². The number of nitrogens with one attached hydrogen (secondary N) is 1. The zero-order chi connectivity index (χ0) is 12.3. The minimum atomic E-state index is -0.465. The number of nitriles is 1. The Hall–Kier alpha value is -2.35. The Morgan fingerprint density at radius 2 is 2.35 bits per heavy atom. The first-order chi connectivity index (χ1) is 8.19. The van der Waals surface area contributed by atoms with Gasteiger partial charge in [-0.05, 0) is 25.1 Å². The number of benzene rings is 1. The Labute approximate surface area is 97.7 Å². The van der Waals surface area contributed by atoms with Crippen molar-refractivity contribution in [2.24, 2.45) is 0 Å². The normalized spacial score (nSPS) is 9.94. The second-order valence-electron chi connectivity index (χ2n) is 3.52. The molecule has 2 rings (SSSR count). The number of aryl methyl sites for hydroxylation is 1. The highest BCUT2D eigenvalue weighted by atomic mass is 19.1. The van der Waals surface area contributed by atoms with Gasteiger partial charge in [-0.1, -0.05) is 0 Å². The summed E-state index contributed by atoms with van der Waals surface area (Å²) in [6.07, 6.45) is 1.60. The van der Waals surface area contributed by atoms with Crippen LogP contribution in [-0.4, -0.2) is 4.98 Å². The molecule has 86 valence electrons. The van der Waals surface area contributed by atoms with E-state index in [9.17, 15) is 4.39 Å². The smallest absolute Gasteiger partial charge is 0.213 e. The van der Waals surface area contributed by atoms with Crippen LogP contribution in [0, 0.1) is 24.1 Å². The highest BCUT2D eigenvalue weighted by Gasteiger charge is 2.05. The Bertz CT molecular complexity index is 571. The van der Waals surface area contributed by atoms with Gasteiger partial charge >= 0.3 is 0 Å². The highest BCUT2D eigenvalue weighted by molar-refractivity contribution is 5.48. The Kier molecular flexibility index (Phi) is 3.06. The van der Waals surface area contributed by atoms with Crippen LogP contribution in [0.25, 0.3) is 0 Å². The fraction of sp³-hybridized carbons (Fsp3) is 0.167. The minimum Gasteiger partial charge on any atom is -0.444 e. The van der Waals surface area contributed by atoms with Gasteiger partial charge in [0.25, 0.3) is 0 Å². The van der Waals surface area contributed by atoms with E-state index in [1.807, 2.05) is 6.07 Å². The maximum atomic E-state index is 13.5. The summed E-state index contributed by atoms with van der Waals surface area (Å²) in [5, 5.41) is 11.5. The molecule has 1 N–H and O–H groups in total. The third-order valence-corrected chi connectivity index (χ3v) is 2.20. The number of aromatic nitrogens is 1. The molecular formula is C12H10FN3O. The maximum absolute atomic E-state index is 13.5. The predicted octanol–water partition coefficient (Wildman–Crippen LogP) is 2.61. The van der Waals surface area contributed by atoms with E-state index in [4.69, 9.17) is 9.68 Å². The number of oxazole rings is 1. The van der Waals surface area contributed by atoms with Gasteiger partial charge in [0.15, 0.2) is 0 Å². The standard InChI is InChI=1S/C12H10FN3O/c1-8-6-16-12(17-8)7-15-11-3-2-9(5-14)4-10(11)13/h2-4,6,15H,7H2,1H3. The molecule has 0 radical (unpaired) electrons. The summed E-state index contributed by atoms with van der Waals surface area (Å²) in [7, 11) is 0. The average Bonchev–Trinajstić information content (AvgIpc) is 2.73. The lowest BCUT2D eigenvalue weighted by Gasteiger charge is -2.05. The fourth-order valence-electron chi connectivity index (χ4n) is 1.38. The van der Waals surface area contributed by atoms with Gasteiger partial charge in [-0.3, -0.25) is 0 Å². The molecule has 0 aliphatic carbocycles. The van der Waals surface area contributed by atoms with Crippen molar-refractivity contribution in [1.29, 1.82) is 5.26 Å². The molecule has 0 saturated heterocycles. The molecule has 0 saturated carbocycles. The molecule has 0 bridgehead atoms. The predicted molar refractivity (Wildman–Crippen MR) is 59.7 cm³/mol. The Morgan fingerprint density at radius 1 is 1.53 bits per heavy atom. The van der Waals surface area contributed by atoms with Crippen molar-refractivity contribution in [1.82, 2.24) is 4.98 Å². The molecule has 4 nitrogen and oxygen atoms in total. The van der Waals surface area contributed by atoms with Crippen LogP contribution in [0.5, 0.6) is 0 Å². The molecule has 0 atom stereocenters. The lowest BCUT2D eigenvalue weighted by molar-refractivity contribution is 0.478. The molecule has 0 aliphatic heterocycles. The molecule has 2 aromatic rings. The number of nitrogens with zero attached hydrogens (tertiary/aromatic N) is 2. The van der Waals surface area contributed by atoms with Crippen LogP contribution in [0.2, 0.25) is 0 Å². The molecule has 1 heterocycles. The van der Waals surface area contributed by atoms with Crippen LogP contribution in [0.3, 0.4) is 0 Å². The van der Waals surface area contributed by atoms with Crippen molar-refractivity contribution in [2.45, 2.75) is 13.5 Å². The van der Waals surface area contributed by atoms with Crippen LogP contribution in [0.4, 0.5) is 10.1 Å². The quantitative estimate of drug-likeness (QED) is 0.881. The fourth-order valence-corrected chi connectivity index (χ4v) is 1.38. The number of halogens is 1. The first-order valence-electron chi connectivity index (χ1n) is 5.04. The summed E-state index contributed by atoms with van der Waals surface area (Å²) in [5.41, 5.74) is 0.611. The molecule has 1 aromatic carbocycles. The van der Waals surface area contributed by atoms with E-state index < -0.39 is 5.82 Å². The van der Waals surface area contributed by atoms with E-state index in [0.29, 0.717) is 29.4 Å². The zero-order valence-electron chi connectivity index (χ0n) is 9.20. The molecule has 0 unspecified atom stereocenters. The number of rotatable bonds is 3. The lowest BCUT2D eigenvalue weighted by atomic mass is 10.2. The van der Waals surface area contributed by atoms with Crippen molar-refractivity contribution < 1.29 is 8.81 Å². The van der Waals surface area contributed by atoms with Crippen molar-refractivity contribution in [3.05, 3.63) is 47.4 Å².